The molecule has 0 aromatic heterocycles. The molecule has 0 unspecified atom stereocenters. The molecular weight excluding hydrogens is 211 g/mol. The molecule has 84 valence electrons. The summed E-state index contributed by atoms with van der Waals surface area (Å²) < 4.78 is 12.6. The van der Waals surface area contributed by atoms with Crippen LogP contribution in [0.4, 0.5) is 4.39 Å². The van der Waals surface area contributed by atoms with Crippen LogP contribution in [-0.2, 0) is 9.59 Å². The fourth-order valence-electron chi connectivity index (χ4n) is 1.18. The number of halogens is 1. The molecule has 0 bridgehead atoms. The van der Waals surface area contributed by atoms with Crippen molar-refractivity contribution < 1.29 is 19.1 Å². The van der Waals surface area contributed by atoms with Gasteiger partial charge in [-0.1, -0.05) is 19.1 Å². The molecule has 16 heavy (non-hydrogen) atoms. The summed E-state index contributed by atoms with van der Waals surface area (Å²) in [4.78, 5) is 22.1. The van der Waals surface area contributed by atoms with Gasteiger partial charge >= 0.3 is 5.97 Å². The van der Waals surface area contributed by atoms with E-state index in [-0.39, 0.29) is 12.0 Å². The summed E-state index contributed by atoms with van der Waals surface area (Å²) >= 11 is 0. The van der Waals surface area contributed by atoms with Crippen molar-refractivity contribution in [3.05, 3.63) is 41.2 Å². The topological polar surface area (TPSA) is 54.4 Å². The molecule has 0 radical (unpaired) electrons. The summed E-state index contributed by atoms with van der Waals surface area (Å²) in [5, 5.41) is 8.83. The number of carboxylic acid groups (broad SMARTS) is 1. The summed E-state index contributed by atoms with van der Waals surface area (Å²) in [6.45, 7) is 1.59. The molecule has 0 saturated carbocycles. The lowest BCUT2D eigenvalue weighted by molar-refractivity contribution is -0.134. The van der Waals surface area contributed by atoms with E-state index in [9.17, 15) is 14.0 Å². The molecule has 1 rings (SSSR count). The van der Waals surface area contributed by atoms with Gasteiger partial charge in [0.05, 0.1) is 0 Å². The molecule has 3 nitrogen and oxygen atoms in total. The zero-order valence-electron chi connectivity index (χ0n) is 8.74. The lowest BCUT2D eigenvalue weighted by Crippen LogP contribution is -2.10. The number of carbonyl (C=O) groups is 2. The van der Waals surface area contributed by atoms with E-state index in [1.807, 2.05) is 0 Å². The van der Waals surface area contributed by atoms with Crippen molar-refractivity contribution in [3.63, 3.8) is 0 Å². The Kier molecular flexibility index (Phi) is 3.94. The van der Waals surface area contributed by atoms with Crippen molar-refractivity contribution in [3.8, 4) is 0 Å². The van der Waals surface area contributed by atoms with Crippen molar-refractivity contribution in [1.29, 1.82) is 0 Å². The zero-order valence-corrected chi connectivity index (χ0v) is 8.74. The van der Waals surface area contributed by atoms with Crippen molar-refractivity contribution in [2.45, 2.75) is 13.3 Å². The highest BCUT2D eigenvalue weighted by atomic mass is 19.1. The quantitative estimate of drug-likeness (QED) is 0.483. The van der Waals surface area contributed by atoms with E-state index in [2.05, 4.69) is 0 Å². The highest BCUT2D eigenvalue weighted by molar-refractivity contribution is 6.19. The largest absolute Gasteiger partial charge is 0.478 e. The van der Waals surface area contributed by atoms with E-state index in [1.54, 1.807) is 6.92 Å². The minimum Gasteiger partial charge on any atom is -0.478 e. The Morgan fingerprint density at radius 3 is 2.31 bits per heavy atom. The van der Waals surface area contributed by atoms with Crippen LogP contribution in [-0.4, -0.2) is 16.9 Å². The number of benzene rings is 1. The van der Waals surface area contributed by atoms with Crippen LogP contribution in [0.25, 0.3) is 6.08 Å². The first kappa shape index (κ1) is 12.1. The van der Waals surface area contributed by atoms with Crippen LogP contribution in [0.2, 0.25) is 0 Å². The standard InChI is InChI=1S/C12H11FO3/c1-2-11(14)10(12(15)16)7-8-3-5-9(13)6-4-8/h3-7H,2H2,1H3,(H,15,16). The molecule has 4 heteroatoms. The highest BCUT2D eigenvalue weighted by Crippen LogP contribution is 2.10. The number of hydrogen-bond donors (Lipinski definition) is 1. The fraction of sp³-hybridized carbons (Fsp3) is 0.167. The predicted octanol–water partition coefficient (Wildman–Crippen LogP) is 2.27. The number of carboxylic acids is 1. The van der Waals surface area contributed by atoms with E-state index >= 15 is 0 Å². The second-order valence-electron chi connectivity index (χ2n) is 3.19. The molecule has 0 aliphatic heterocycles. The maximum atomic E-state index is 12.6. The second-order valence-corrected chi connectivity index (χ2v) is 3.19. The Morgan fingerprint density at radius 1 is 1.31 bits per heavy atom. The monoisotopic (exact) mass is 222 g/mol. The average Bonchev–Trinajstić information content (AvgIpc) is 2.27. The van der Waals surface area contributed by atoms with E-state index in [0.717, 1.165) is 0 Å². The highest BCUT2D eigenvalue weighted by Gasteiger charge is 2.14. The third kappa shape index (κ3) is 3.02. The maximum absolute atomic E-state index is 12.6. The molecule has 1 N–H and O–H groups in total. The lowest BCUT2D eigenvalue weighted by Gasteiger charge is -1.99. The Bertz CT molecular complexity index is 432. The van der Waals surface area contributed by atoms with Gasteiger partial charge in [0.15, 0.2) is 5.78 Å². The SMILES string of the molecule is CCC(=O)C(=Cc1ccc(F)cc1)C(=O)O. The molecule has 0 heterocycles. The van der Waals surface area contributed by atoms with E-state index in [0.29, 0.717) is 5.56 Å². The van der Waals surface area contributed by atoms with Gasteiger partial charge in [0, 0.05) is 6.42 Å². The van der Waals surface area contributed by atoms with Crippen LogP contribution in [0.1, 0.15) is 18.9 Å². The number of hydrogen-bond acceptors (Lipinski definition) is 2. The molecular formula is C12H11FO3. The molecule has 1 aromatic carbocycles. The van der Waals surface area contributed by atoms with Crippen LogP contribution in [0.15, 0.2) is 29.8 Å². The number of ketones is 1. The molecule has 0 amide bonds. The van der Waals surface area contributed by atoms with E-state index < -0.39 is 17.6 Å². The number of Topliss-reactive ketones (excluding diaryl/α,β-unsaturated/α-hetero) is 1. The van der Waals surface area contributed by atoms with Gasteiger partial charge < -0.3 is 5.11 Å². The Hall–Kier alpha value is -1.97. The lowest BCUT2D eigenvalue weighted by atomic mass is 10.1. The molecule has 0 spiro atoms. The second kappa shape index (κ2) is 5.21. The van der Waals surface area contributed by atoms with Gasteiger partial charge in [-0.15, -0.1) is 0 Å². The number of rotatable bonds is 4. The van der Waals surface area contributed by atoms with Gasteiger partial charge in [0.2, 0.25) is 0 Å². The van der Waals surface area contributed by atoms with E-state index in [1.165, 1.54) is 30.3 Å². The first-order valence-electron chi connectivity index (χ1n) is 4.78. The summed E-state index contributed by atoms with van der Waals surface area (Å²) in [5.74, 6) is -2.12. The molecule has 0 aliphatic rings. The first-order chi connectivity index (χ1) is 7.54. The van der Waals surface area contributed by atoms with Crippen LogP contribution in [0.3, 0.4) is 0 Å². The van der Waals surface area contributed by atoms with E-state index in [4.69, 9.17) is 5.11 Å². The fourth-order valence-corrected chi connectivity index (χ4v) is 1.18. The normalized spacial score (nSPS) is 11.2. The Labute approximate surface area is 92.2 Å². The third-order valence-corrected chi connectivity index (χ3v) is 2.03. The summed E-state index contributed by atoms with van der Waals surface area (Å²) in [5.41, 5.74) is 0.203. The minimum atomic E-state index is -1.27. The van der Waals surface area contributed by atoms with Gasteiger partial charge in [-0.3, -0.25) is 4.79 Å². The zero-order chi connectivity index (χ0) is 12.1. The van der Waals surface area contributed by atoms with Crippen LogP contribution in [0, 0.1) is 5.82 Å². The Balaban J connectivity index is 3.07. The number of aliphatic carboxylic acids is 1. The summed E-state index contributed by atoms with van der Waals surface area (Å²) in [6.07, 6.45) is 1.37. The van der Waals surface area contributed by atoms with Gasteiger partial charge in [-0.2, -0.15) is 0 Å². The summed E-state index contributed by atoms with van der Waals surface area (Å²) in [6, 6.07) is 5.26. The van der Waals surface area contributed by atoms with Crippen molar-refractivity contribution >= 4 is 17.8 Å². The molecule has 1 aromatic rings. The Morgan fingerprint density at radius 2 is 1.88 bits per heavy atom. The van der Waals surface area contributed by atoms with Gasteiger partial charge in [0.25, 0.3) is 0 Å². The van der Waals surface area contributed by atoms with Gasteiger partial charge in [-0.25, -0.2) is 9.18 Å². The van der Waals surface area contributed by atoms with Crippen LogP contribution in [0.5, 0.6) is 0 Å². The number of carbonyl (C=O) groups excluding carboxylic acids is 1. The third-order valence-electron chi connectivity index (χ3n) is 2.03. The maximum Gasteiger partial charge on any atom is 0.339 e. The smallest absolute Gasteiger partial charge is 0.339 e. The minimum absolute atomic E-state index is 0.124. The molecule has 0 saturated heterocycles. The van der Waals surface area contributed by atoms with Crippen molar-refractivity contribution in [1.82, 2.24) is 0 Å². The molecule has 0 fully saturated rings. The van der Waals surface area contributed by atoms with Crippen molar-refractivity contribution in [2.24, 2.45) is 0 Å². The van der Waals surface area contributed by atoms with Crippen molar-refractivity contribution in [2.75, 3.05) is 0 Å². The predicted molar refractivity (Wildman–Crippen MR) is 57.3 cm³/mol. The average molecular weight is 222 g/mol. The van der Waals surface area contributed by atoms with Crippen LogP contribution >= 0.6 is 0 Å². The first-order valence-corrected chi connectivity index (χ1v) is 4.78. The van der Waals surface area contributed by atoms with Crippen LogP contribution < -0.4 is 0 Å². The summed E-state index contributed by atoms with van der Waals surface area (Å²) in [7, 11) is 0. The molecule has 0 atom stereocenters. The van der Waals surface area contributed by atoms with Gasteiger partial charge in [-0.05, 0) is 23.8 Å². The molecule has 0 aliphatic carbocycles. The van der Waals surface area contributed by atoms with Gasteiger partial charge in [0.1, 0.15) is 11.4 Å².